The SMILES string of the molecule is C[C@H]1CN(C(=O)c2ccc(-c3ccccc3F)o2)C[C@@H](c2ccccc2)O1. The van der Waals surface area contributed by atoms with Crippen molar-refractivity contribution in [1.82, 2.24) is 4.90 Å². The van der Waals surface area contributed by atoms with Crippen LogP contribution in [0.1, 0.15) is 29.1 Å². The Balaban J connectivity index is 1.55. The minimum Gasteiger partial charge on any atom is -0.451 e. The number of benzene rings is 2. The van der Waals surface area contributed by atoms with Crippen LogP contribution in [-0.2, 0) is 4.74 Å². The van der Waals surface area contributed by atoms with Crippen LogP contribution >= 0.6 is 0 Å². The molecular weight excluding hydrogens is 345 g/mol. The molecule has 2 aromatic carbocycles. The molecule has 2 heterocycles. The highest BCUT2D eigenvalue weighted by atomic mass is 19.1. The zero-order valence-electron chi connectivity index (χ0n) is 15.0. The number of halogens is 1. The molecule has 0 radical (unpaired) electrons. The molecule has 1 fully saturated rings. The molecule has 2 atom stereocenters. The fraction of sp³-hybridized carbons (Fsp3) is 0.227. The number of carbonyl (C=O) groups is 1. The van der Waals surface area contributed by atoms with Crippen molar-refractivity contribution in [1.29, 1.82) is 0 Å². The first-order chi connectivity index (χ1) is 13.1. The average Bonchev–Trinajstić information content (AvgIpc) is 3.18. The number of nitrogens with zero attached hydrogens (tertiary/aromatic N) is 1. The predicted octanol–water partition coefficient (Wildman–Crippen LogP) is 4.69. The van der Waals surface area contributed by atoms with E-state index in [1.54, 1.807) is 35.2 Å². The van der Waals surface area contributed by atoms with Crippen LogP contribution < -0.4 is 0 Å². The second kappa shape index (κ2) is 7.37. The van der Waals surface area contributed by atoms with E-state index in [-0.39, 0.29) is 29.7 Å². The fourth-order valence-electron chi connectivity index (χ4n) is 3.38. The van der Waals surface area contributed by atoms with Gasteiger partial charge in [0.15, 0.2) is 5.76 Å². The van der Waals surface area contributed by atoms with Gasteiger partial charge in [-0.25, -0.2) is 4.39 Å². The van der Waals surface area contributed by atoms with Gasteiger partial charge in [0.1, 0.15) is 17.7 Å². The van der Waals surface area contributed by atoms with Crippen molar-refractivity contribution in [2.75, 3.05) is 13.1 Å². The zero-order valence-corrected chi connectivity index (χ0v) is 15.0. The first kappa shape index (κ1) is 17.5. The molecule has 1 amide bonds. The third-order valence-corrected chi connectivity index (χ3v) is 4.67. The van der Waals surface area contributed by atoms with Crippen molar-refractivity contribution < 1.29 is 18.3 Å². The normalized spacial score (nSPS) is 19.9. The fourth-order valence-corrected chi connectivity index (χ4v) is 3.38. The maximum absolute atomic E-state index is 14.0. The summed E-state index contributed by atoms with van der Waals surface area (Å²) < 4.78 is 25.6. The summed E-state index contributed by atoms with van der Waals surface area (Å²) in [5.41, 5.74) is 1.38. The monoisotopic (exact) mass is 365 g/mol. The topological polar surface area (TPSA) is 42.7 Å². The zero-order chi connectivity index (χ0) is 18.8. The molecule has 5 heteroatoms. The van der Waals surface area contributed by atoms with Crippen molar-refractivity contribution in [3.63, 3.8) is 0 Å². The molecule has 4 rings (SSSR count). The molecule has 0 N–H and O–H groups in total. The lowest BCUT2D eigenvalue weighted by Gasteiger charge is -2.36. The van der Waals surface area contributed by atoms with Gasteiger partial charge in [-0.2, -0.15) is 0 Å². The molecule has 3 aromatic rings. The highest BCUT2D eigenvalue weighted by molar-refractivity contribution is 5.92. The number of morpholine rings is 1. The van der Waals surface area contributed by atoms with Crippen LogP contribution in [0.2, 0.25) is 0 Å². The lowest BCUT2D eigenvalue weighted by atomic mass is 10.1. The van der Waals surface area contributed by atoms with Crippen molar-refractivity contribution >= 4 is 5.91 Å². The van der Waals surface area contributed by atoms with Gasteiger partial charge in [0.25, 0.3) is 5.91 Å². The van der Waals surface area contributed by atoms with Crippen molar-refractivity contribution in [2.45, 2.75) is 19.1 Å². The summed E-state index contributed by atoms with van der Waals surface area (Å²) in [7, 11) is 0. The van der Waals surface area contributed by atoms with Crippen molar-refractivity contribution in [3.8, 4) is 11.3 Å². The number of hydrogen-bond donors (Lipinski definition) is 0. The second-order valence-corrected chi connectivity index (χ2v) is 6.70. The Hall–Kier alpha value is -2.92. The van der Waals surface area contributed by atoms with E-state index >= 15 is 0 Å². The predicted molar refractivity (Wildman–Crippen MR) is 99.7 cm³/mol. The summed E-state index contributed by atoms with van der Waals surface area (Å²) in [5.74, 6) is -0.0461. The average molecular weight is 365 g/mol. The molecule has 4 nitrogen and oxygen atoms in total. The Morgan fingerprint density at radius 2 is 1.74 bits per heavy atom. The summed E-state index contributed by atoms with van der Waals surface area (Å²) in [6.07, 6.45) is -0.270. The van der Waals surface area contributed by atoms with E-state index in [1.165, 1.54) is 6.07 Å². The summed E-state index contributed by atoms with van der Waals surface area (Å²) in [6.45, 7) is 2.88. The molecule has 1 saturated heterocycles. The first-order valence-corrected chi connectivity index (χ1v) is 8.96. The lowest BCUT2D eigenvalue weighted by molar-refractivity contribution is -0.0697. The van der Waals surface area contributed by atoms with Crippen LogP contribution in [0.25, 0.3) is 11.3 Å². The van der Waals surface area contributed by atoms with Crippen LogP contribution in [0.5, 0.6) is 0 Å². The molecule has 0 aliphatic carbocycles. The largest absolute Gasteiger partial charge is 0.451 e. The molecule has 0 spiro atoms. The Morgan fingerprint density at radius 3 is 2.52 bits per heavy atom. The Bertz CT molecular complexity index is 937. The van der Waals surface area contributed by atoms with Gasteiger partial charge in [0.2, 0.25) is 0 Å². The van der Waals surface area contributed by atoms with Gasteiger partial charge in [0, 0.05) is 6.54 Å². The summed E-state index contributed by atoms with van der Waals surface area (Å²) in [4.78, 5) is 14.7. The molecule has 1 aliphatic rings. The Labute approximate surface area is 157 Å². The van der Waals surface area contributed by atoms with Crippen molar-refractivity contribution in [3.05, 3.63) is 83.9 Å². The van der Waals surface area contributed by atoms with Crippen LogP contribution in [0.15, 0.2) is 71.1 Å². The maximum Gasteiger partial charge on any atom is 0.289 e. The number of amides is 1. The van der Waals surface area contributed by atoms with E-state index in [0.29, 0.717) is 24.4 Å². The Morgan fingerprint density at radius 1 is 1.00 bits per heavy atom. The number of rotatable bonds is 3. The second-order valence-electron chi connectivity index (χ2n) is 6.70. The lowest BCUT2D eigenvalue weighted by Crippen LogP contribution is -2.45. The molecule has 0 saturated carbocycles. The first-order valence-electron chi connectivity index (χ1n) is 8.96. The van der Waals surface area contributed by atoms with E-state index in [0.717, 1.165) is 5.56 Å². The quantitative estimate of drug-likeness (QED) is 0.676. The number of furan rings is 1. The van der Waals surface area contributed by atoms with E-state index in [9.17, 15) is 9.18 Å². The smallest absolute Gasteiger partial charge is 0.289 e. The number of hydrogen-bond acceptors (Lipinski definition) is 3. The Kier molecular flexibility index (Phi) is 4.77. The van der Waals surface area contributed by atoms with E-state index in [4.69, 9.17) is 9.15 Å². The molecule has 0 bridgehead atoms. The van der Waals surface area contributed by atoms with Crippen LogP contribution in [0.3, 0.4) is 0 Å². The maximum atomic E-state index is 14.0. The highest BCUT2D eigenvalue weighted by Crippen LogP contribution is 2.28. The number of ether oxygens (including phenoxy) is 1. The third kappa shape index (κ3) is 3.64. The van der Waals surface area contributed by atoms with E-state index < -0.39 is 0 Å². The van der Waals surface area contributed by atoms with Crippen LogP contribution in [0, 0.1) is 5.82 Å². The molecule has 27 heavy (non-hydrogen) atoms. The van der Waals surface area contributed by atoms with E-state index in [1.807, 2.05) is 37.3 Å². The van der Waals surface area contributed by atoms with Gasteiger partial charge < -0.3 is 14.1 Å². The third-order valence-electron chi connectivity index (χ3n) is 4.67. The summed E-state index contributed by atoms with van der Waals surface area (Å²) >= 11 is 0. The highest BCUT2D eigenvalue weighted by Gasteiger charge is 2.31. The number of carbonyl (C=O) groups excluding carboxylic acids is 1. The minimum atomic E-state index is -0.380. The van der Waals surface area contributed by atoms with Crippen LogP contribution in [0.4, 0.5) is 4.39 Å². The molecule has 1 aliphatic heterocycles. The summed E-state index contributed by atoms with van der Waals surface area (Å²) in [5, 5.41) is 0. The minimum absolute atomic E-state index is 0.0890. The van der Waals surface area contributed by atoms with Gasteiger partial charge in [0.05, 0.1) is 18.2 Å². The van der Waals surface area contributed by atoms with Crippen molar-refractivity contribution in [2.24, 2.45) is 0 Å². The molecule has 1 aromatic heterocycles. The standard InChI is InChI=1S/C22H20FNO3/c1-15-13-24(14-21(26-15)16-7-3-2-4-8-16)22(25)20-12-11-19(27-20)17-9-5-6-10-18(17)23/h2-12,15,21H,13-14H2,1H3/t15-,21-/m0/s1. The van der Waals surface area contributed by atoms with E-state index in [2.05, 4.69) is 0 Å². The molecule has 0 unspecified atom stereocenters. The molecular formula is C22H20FNO3. The molecule has 138 valence electrons. The van der Waals surface area contributed by atoms with Gasteiger partial charge in [-0.3, -0.25) is 4.79 Å². The van der Waals surface area contributed by atoms with Gasteiger partial charge >= 0.3 is 0 Å². The summed E-state index contributed by atoms with van der Waals surface area (Å²) in [6, 6.07) is 19.4. The van der Waals surface area contributed by atoms with Gasteiger partial charge in [-0.1, -0.05) is 42.5 Å². The van der Waals surface area contributed by atoms with Crippen LogP contribution in [-0.4, -0.2) is 30.0 Å². The van der Waals surface area contributed by atoms with Gasteiger partial charge in [-0.05, 0) is 36.8 Å². The van der Waals surface area contributed by atoms with Gasteiger partial charge in [-0.15, -0.1) is 0 Å².